The lowest BCUT2D eigenvalue weighted by Gasteiger charge is -2.66. The Morgan fingerprint density at radius 2 is 1.46 bits per heavy atom. The van der Waals surface area contributed by atoms with Crippen molar-refractivity contribution in [1.82, 2.24) is 0 Å². The van der Waals surface area contributed by atoms with Crippen molar-refractivity contribution >= 4 is 0 Å². The van der Waals surface area contributed by atoms with Gasteiger partial charge in [-0.25, -0.2) is 0 Å². The largest absolute Gasteiger partial charge is 0.375 e. The molecule has 0 amide bonds. The van der Waals surface area contributed by atoms with E-state index < -0.39 is 0 Å². The standard InChI is InChI=1S/C11H20O2/c1-8(2)11(9(3)4)7-13-10(11)5-12-6-10/h8-9H,5-7H2,1-4H3. The summed E-state index contributed by atoms with van der Waals surface area (Å²) < 4.78 is 11.1. The molecule has 2 saturated heterocycles. The minimum Gasteiger partial charge on any atom is -0.375 e. The molecule has 13 heavy (non-hydrogen) atoms. The molecule has 2 nitrogen and oxygen atoms in total. The van der Waals surface area contributed by atoms with Gasteiger partial charge >= 0.3 is 0 Å². The summed E-state index contributed by atoms with van der Waals surface area (Å²) in [6, 6.07) is 0. The van der Waals surface area contributed by atoms with Gasteiger partial charge in [0.1, 0.15) is 5.60 Å². The third kappa shape index (κ3) is 0.909. The average molecular weight is 184 g/mol. The number of hydrogen-bond donors (Lipinski definition) is 0. The van der Waals surface area contributed by atoms with E-state index in [-0.39, 0.29) is 5.60 Å². The summed E-state index contributed by atoms with van der Waals surface area (Å²) in [7, 11) is 0. The summed E-state index contributed by atoms with van der Waals surface area (Å²) in [5.74, 6) is 1.37. The van der Waals surface area contributed by atoms with Crippen molar-refractivity contribution in [3.8, 4) is 0 Å². The Labute approximate surface area is 80.6 Å². The van der Waals surface area contributed by atoms with Gasteiger partial charge in [0.25, 0.3) is 0 Å². The molecule has 0 unspecified atom stereocenters. The highest BCUT2D eigenvalue weighted by molar-refractivity contribution is 5.13. The topological polar surface area (TPSA) is 18.5 Å². The molecule has 0 radical (unpaired) electrons. The molecule has 2 rings (SSSR count). The van der Waals surface area contributed by atoms with Crippen molar-refractivity contribution in [2.45, 2.75) is 33.3 Å². The van der Waals surface area contributed by atoms with Crippen LogP contribution in [0.5, 0.6) is 0 Å². The quantitative estimate of drug-likeness (QED) is 0.654. The second kappa shape index (κ2) is 2.71. The second-order valence-corrected chi connectivity index (χ2v) is 5.13. The zero-order chi connectivity index (χ0) is 9.69. The summed E-state index contributed by atoms with van der Waals surface area (Å²) in [6.45, 7) is 11.8. The maximum Gasteiger partial charge on any atom is 0.123 e. The fraction of sp³-hybridized carbons (Fsp3) is 1.00. The van der Waals surface area contributed by atoms with E-state index in [1.807, 2.05) is 0 Å². The molecule has 0 bridgehead atoms. The van der Waals surface area contributed by atoms with E-state index in [0.717, 1.165) is 19.8 Å². The van der Waals surface area contributed by atoms with E-state index in [0.29, 0.717) is 17.3 Å². The fourth-order valence-corrected chi connectivity index (χ4v) is 3.13. The predicted molar refractivity (Wildman–Crippen MR) is 51.6 cm³/mol. The van der Waals surface area contributed by atoms with E-state index >= 15 is 0 Å². The Hall–Kier alpha value is -0.0800. The van der Waals surface area contributed by atoms with Crippen LogP contribution in [0, 0.1) is 17.3 Å². The molecule has 0 saturated carbocycles. The predicted octanol–water partition coefficient (Wildman–Crippen LogP) is 2.08. The molecule has 2 fully saturated rings. The van der Waals surface area contributed by atoms with E-state index in [1.54, 1.807) is 0 Å². The highest BCUT2D eigenvalue weighted by atomic mass is 16.6. The first kappa shape index (κ1) is 9.47. The highest BCUT2D eigenvalue weighted by Gasteiger charge is 2.67. The SMILES string of the molecule is CC(C)C1(C(C)C)COC12COC2. The van der Waals surface area contributed by atoms with Crippen LogP contribution >= 0.6 is 0 Å². The Balaban J connectivity index is 2.24. The summed E-state index contributed by atoms with van der Waals surface area (Å²) in [5.41, 5.74) is 0.445. The van der Waals surface area contributed by atoms with Gasteiger partial charge in [0.05, 0.1) is 19.8 Å². The average Bonchev–Trinajstić information content (AvgIpc) is 1.78. The van der Waals surface area contributed by atoms with Crippen LogP contribution < -0.4 is 0 Å². The van der Waals surface area contributed by atoms with Crippen LogP contribution in [0.3, 0.4) is 0 Å². The molecule has 0 aromatic rings. The second-order valence-electron chi connectivity index (χ2n) is 5.13. The first-order valence-electron chi connectivity index (χ1n) is 5.27. The smallest absolute Gasteiger partial charge is 0.123 e. The molecule has 2 heteroatoms. The van der Waals surface area contributed by atoms with E-state index in [9.17, 15) is 0 Å². The lowest BCUT2D eigenvalue weighted by atomic mass is 9.55. The van der Waals surface area contributed by atoms with Crippen molar-refractivity contribution in [2.24, 2.45) is 17.3 Å². The van der Waals surface area contributed by atoms with Gasteiger partial charge in [0.15, 0.2) is 0 Å². The molecule has 0 aromatic heterocycles. The molecule has 76 valence electrons. The van der Waals surface area contributed by atoms with Crippen LogP contribution in [0.25, 0.3) is 0 Å². The first-order valence-corrected chi connectivity index (χ1v) is 5.27. The number of rotatable bonds is 2. The minimum absolute atomic E-state index is 0.0787. The lowest BCUT2D eigenvalue weighted by Crippen LogP contribution is -2.76. The van der Waals surface area contributed by atoms with Crippen molar-refractivity contribution < 1.29 is 9.47 Å². The van der Waals surface area contributed by atoms with E-state index in [1.165, 1.54) is 0 Å². The fourth-order valence-electron chi connectivity index (χ4n) is 3.13. The molecular weight excluding hydrogens is 164 g/mol. The number of hydrogen-bond acceptors (Lipinski definition) is 2. The van der Waals surface area contributed by atoms with Crippen LogP contribution in [-0.4, -0.2) is 25.4 Å². The summed E-state index contributed by atoms with van der Waals surface area (Å²) in [6.07, 6.45) is 0. The van der Waals surface area contributed by atoms with Crippen molar-refractivity contribution in [2.75, 3.05) is 19.8 Å². The molecule has 0 N–H and O–H groups in total. The van der Waals surface area contributed by atoms with Gasteiger partial charge in [-0.1, -0.05) is 27.7 Å². The van der Waals surface area contributed by atoms with Gasteiger partial charge < -0.3 is 9.47 Å². The summed E-state index contributed by atoms with van der Waals surface area (Å²) in [5, 5.41) is 0. The van der Waals surface area contributed by atoms with Crippen LogP contribution in [0.1, 0.15) is 27.7 Å². The van der Waals surface area contributed by atoms with Crippen LogP contribution in [0.15, 0.2) is 0 Å². The first-order chi connectivity index (χ1) is 6.05. The molecule has 0 atom stereocenters. The molecular formula is C11H20O2. The normalized spacial score (nSPS) is 29.1. The summed E-state index contributed by atoms with van der Waals surface area (Å²) in [4.78, 5) is 0. The van der Waals surface area contributed by atoms with Crippen LogP contribution in [0.2, 0.25) is 0 Å². The maximum absolute atomic E-state index is 5.77. The lowest BCUT2D eigenvalue weighted by molar-refractivity contribution is -0.381. The Morgan fingerprint density at radius 3 is 1.54 bits per heavy atom. The number of ether oxygens (including phenoxy) is 2. The zero-order valence-corrected chi connectivity index (χ0v) is 9.09. The monoisotopic (exact) mass is 184 g/mol. The van der Waals surface area contributed by atoms with Gasteiger partial charge in [-0.2, -0.15) is 0 Å². The van der Waals surface area contributed by atoms with E-state index in [2.05, 4.69) is 27.7 Å². The van der Waals surface area contributed by atoms with Crippen LogP contribution in [0.4, 0.5) is 0 Å². The van der Waals surface area contributed by atoms with E-state index in [4.69, 9.17) is 9.47 Å². The van der Waals surface area contributed by atoms with Crippen LogP contribution in [-0.2, 0) is 9.47 Å². The molecule has 2 aliphatic heterocycles. The van der Waals surface area contributed by atoms with Gasteiger partial charge in [-0.3, -0.25) is 0 Å². The Bertz CT molecular complexity index is 191. The maximum atomic E-state index is 5.77. The highest BCUT2D eigenvalue weighted by Crippen LogP contribution is 2.57. The van der Waals surface area contributed by atoms with Gasteiger partial charge in [0.2, 0.25) is 0 Å². The van der Waals surface area contributed by atoms with Crippen molar-refractivity contribution in [1.29, 1.82) is 0 Å². The molecule has 2 heterocycles. The Kier molecular flexibility index (Phi) is 1.97. The molecule has 1 spiro atoms. The third-order valence-corrected chi connectivity index (χ3v) is 4.17. The Morgan fingerprint density at radius 1 is 0.923 bits per heavy atom. The zero-order valence-electron chi connectivity index (χ0n) is 9.09. The van der Waals surface area contributed by atoms with Gasteiger partial charge in [0, 0.05) is 5.41 Å². The molecule has 2 aliphatic rings. The third-order valence-electron chi connectivity index (χ3n) is 4.17. The van der Waals surface area contributed by atoms with Crippen molar-refractivity contribution in [3.63, 3.8) is 0 Å². The van der Waals surface area contributed by atoms with Crippen molar-refractivity contribution in [3.05, 3.63) is 0 Å². The van der Waals surface area contributed by atoms with Gasteiger partial charge in [-0.15, -0.1) is 0 Å². The summed E-state index contributed by atoms with van der Waals surface area (Å²) >= 11 is 0. The van der Waals surface area contributed by atoms with Gasteiger partial charge in [-0.05, 0) is 11.8 Å². The minimum atomic E-state index is 0.0787. The molecule has 0 aromatic carbocycles. The molecule has 0 aliphatic carbocycles.